The first-order valence-corrected chi connectivity index (χ1v) is 8.58. The summed E-state index contributed by atoms with van der Waals surface area (Å²) in [5, 5.41) is 6.25. The summed E-state index contributed by atoms with van der Waals surface area (Å²) in [7, 11) is 0. The summed E-state index contributed by atoms with van der Waals surface area (Å²) in [4.78, 5) is 8.67. The molecule has 0 aliphatic carbocycles. The first-order valence-electron chi connectivity index (χ1n) is 8.58. The fourth-order valence-corrected chi connectivity index (χ4v) is 2.27. The van der Waals surface area contributed by atoms with E-state index in [0.717, 1.165) is 11.3 Å². The maximum absolute atomic E-state index is 12.5. The van der Waals surface area contributed by atoms with Gasteiger partial charge in [0.2, 0.25) is 0 Å². The molecule has 1 aromatic carbocycles. The van der Waals surface area contributed by atoms with Gasteiger partial charge in [0.15, 0.2) is 12.6 Å². The lowest BCUT2D eigenvalue weighted by Gasteiger charge is -2.14. The number of rotatable bonds is 7. The van der Waals surface area contributed by atoms with Crippen molar-refractivity contribution < 1.29 is 17.9 Å². The normalized spacial score (nSPS) is 12.0. The lowest BCUT2D eigenvalue weighted by Crippen LogP contribution is -2.37. The summed E-state index contributed by atoms with van der Waals surface area (Å²) in [6.07, 6.45) is -2.68. The Morgan fingerprint density at radius 3 is 2.67 bits per heavy atom. The third-order valence-electron chi connectivity index (χ3n) is 3.53. The Hall–Kier alpha value is -2.77. The van der Waals surface area contributed by atoms with E-state index in [0.29, 0.717) is 24.6 Å². The molecule has 0 aliphatic heterocycles. The molecule has 0 saturated carbocycles. The van der Waals surface area contributed by atoms with Gasteiger partial charge in [-0.1, -0.05) is 18.2 Å². The number of alkyl halides is 3. The summed E-state index contributed by atoms with van der Waals surface area (Å²) >= 11 is 0. The summed E-state index contributed by atoms with van der Waals surface area (Å²) in [6.45, 7) is 3.72. The van der Waals surface area contributed by atoms with E-state index in [4.69, 9.17) is 4.74 Å². The molecular weight excluding hydrogens is 357 g/mol. The molecule has 146 valence electrons. The second-order valence-corrected chi connectivity index (χ2v) is 5.88. The topological polar surface area (TPSA) is 58.5 Å². The molecule has 0 unspecified atom stereocenters. The van der Waals surface area contributed by atoms with Crippen molar-refractivity contribution in [2.45, 2.75) is 33.1 Å². The largest absolute Gasteiger partial charge is 0.484 e. The van der Waals surface area contributed by atoms with Crippen LogP contribution in [-0.4, -0.2) is 30.3 Å². The molecule has 2 rings (SSSR count). The number of hydrogen-bond acceptors (Lipinski definition) is 3. The smallest absolute Gasteiger partial charge is 0.422 e. The maximum Gasteiger partial charge on any atom is 0.422 e. The van der Waals surface area contributed by atoms with Crippen LogP contribution in [0.4, 0.5) is 13.2 Å². The predicted octanol–water partition coefficient (Wildman–Crippen LogP) is 3.59. The lowest BCUT2D eigenvalue weighted by molar-refractivity contribution is -0.153. The van der Waals surface area contributed by atoms with Gasteiger partial charge in [-0.3, -0.25) is 4.98 Å². The number of aromatic nitrogens is 1. The molecule has 2 N–H and O–H groups in total. The molecular formula is C19H23F3N4O. The average molecular weight is 380 g/mol. The first kappa shape index (κ1) is 20.5. The monoisotopic (exact) mass is 380 g/mol. The van der Waals surface area contributed by atoms with Crippen molar-refractivity contribution in [3.8, 4) is 5.75 Å². The highest BCUT2D eigenvalue weighted by Gasteiger charge is 2.28. The number of aryl methyl sites for hydroxylation is 1. The fraction of sp³-hybridized carbons (Fsp3) is 0.368. The third kappa shape index (κ3) is 7.55. The fourth-order valence-electron chi connectivity index (χ4n) is 2.27. The number of nitrogens with zero attached hydrogens (tertiary/aromatic N) is 2. The van der Waals surface area contributed by atoms with E-state index >= 15 is 0 Å². The van der Waals surface area contributed by atoms with Crippen LogP contribution in [0.1, 0.15) is 23.7 Å². The van der Waals surface area contributed by atoms with Crippen molar-refractivity contribution in [1.29, 1.82) is 0 Å². The molecule has 1 aromatic heterocycles. The number of halogens is 3. The molecule has 0 bridgehead atoms. The zero-order chi connectivity index (χ0) is 19.7. The molecule has 8 heteroatoms. The number of guanidine groups is 1. The number of pyridine rings is 1. The highest BCUT2D eigenvalue weighted by Crippen LogP contribution is 2.24. The molecule has 5 nitrogen and oxygen atoms in total. The van der Waals surface area contributed by atoms with E-state index in [1.807, 2.05) is 31.2 Å². The minimum absolute atomic E-state index is 0.186. The molecule has 0 radical (unpaired) electrons. The summed E-state index contributed by atoms with van der Waals surface area (Å²) in [6, 6.07) is 10.8. The predicted molar refractivity (Wildman–Crippen MR) is 98.6 cm³/mol. The van der Waals surface area contributed by atoms with Crippen molar-refractivity contribution in [2.24, 2.45) is 4.99 Å². The van der Waals surface area contributed by atoms with Gasteiger partial charge >= 0.3 is 6.18 Å². The zero-order valence-corrected chi connectivity index (χ0v) is 15.3. The van der Waals surface area contributed by atoms with Gasteiger partial charge in [0.25, 0.3) is 0 Å². The summed E-state index contributed by atoms with van der Waals surface area (Å²) in [5.74, 6) is 0.738. The average Bonchev–Trinajstić information content (AvgIpc) is 2.63. The molecule has 2 aromatic rings. The number of nitrogens with one attached hydrogen (secondary N) is 2. The standard InChI is InChI=1S/C19H23F3N4O/c1-3-23-18(26-12-16-6-4-5-9-24-16)25-11-15-8-7-14(2)10-17(15)27-13-19(20,21)22/h4-10H,3,11-13H2,1-2H3,(H2,23,25,26). The maximum atomic E-state index is 12.5. The van der Waals surface area contributed by atoms with Crippen molar-refractivity contribution in [2.75, 3.05) is 13.2 Å². The Bertz CT molecular complexity index is 748. The number of benzene rings is 1. The number of aliphatic imine (C=N–C) groups is 1. The van der Waals surface area contributed by atoms with Gasteiger partial charge in [0.05, 0.1) is 18.8 Å². The second kappa shape index (κ2) is 9.80. The molecule has 0 fully saturated rings. The van der Waals surface area contributed by atoms with E-state index in [9.17, 15) is 13.2 Å². The second-order valence-electron chi connectivity index (χ2n) is 5.88. The Kier molecular flexibility index (Phi) is 7.45. The van der Waals surface area contributed by atoms with Crippen LogP contribution in [0, 0.1) is 6.92 Å². The van der Waals surface area contributed by atoms with Crippen LogP contribution in [0.5, 0.6) is 5.75 Å². The van der Waals surface area contributed by atoms with Crippen LogP contribution >= 0.6 is 0 Å². The van der Waals surface area contributed by atoms with Crippen LogP contribution < -0.4 is 15.4 Å². The van der Waals surface area contributed by atoms with Crippen molar-refractivity contribution >= 4 is 5.96 Å². The van der Waals surface area contributed by atoms with Crippen LogP contribution in [-0.2, 0) is 13.1 Å². The SMILES string of the molecule is CCNC(=NCc1ccc(C)cc1OCC(F)(F)F)NCc1ccccn1. The van der Waals surface area contributed by atoms with Gasteiger partial charge in [0.1, 0.15) is 5.75 Å². The van der Waals surface area contributed by atoms with Crippen molar-refractivity contribution in [3.05, 3.63) is 59.4 Å². The van der Waals surface area contributed by atoms with Crippen LogP contribution in [0.25, 0.3) is 0 Å². The van der Waals surface area contributed by atoms with E-state index in [-0.39, 0.29) is 12.3 Å². The van der Waals surface area contributed by atoms with Gasteiger partial charge < -0.3 is 15.4 Å². The summed E-state index contributed by atoms with van der Waals surface area (Å²) < 4.78 is 42.4. The van der Waals surface area contributed by atoms with Gasteiger partial charge in [-0.25, -0.2) is 4.99 Å². The Morgan fingerprint density at radius 2 is 2.00 bits per heavy atom. The molecule has 0 atom stereocenters. The van der Waals surface area contributed by atoms with Crippen molar-refractivity contribution in [3.63, 3.8) is 0 Å². The Morgan fingerprint density at radius 1 is 1.19 bits per heavy atom. The number of ether oxygens (including phenoxy) is 1. The van der Waals surface area contributed by atoms with Gasteiger partial charge in [0, 0.05) is 18.3 Å². The lowest BCUT2D eigenvalue weighted by atomic mass is 10.1. The minimum atomic E-state index is -4.39. The number of hydrogen-bond donors (Lipinski definition) is 2. The Labute approximate surface area is 156 Å². The molecule has 0 aliphatic rings. The molecule has 1 heterocycles. The first-order chi connectivity index (χ1) is 12.9. The van der Waals surface area contributed by atoms with E-state index in [1.54, 1.807) is 25.3 Å². The minimum Gasteiger partial charge on any atom is -0.484 e. The summed E-state index contributed by atoms with van der Waals surface area (Å²) in [5.41, 5.74) is 2.26. The molecule has 27 heavy (non-hydrogen) atoms. The Balaban J connectivity index is 2.07. The van der Waals surface area contributed by atoms with Gasteiger partial charge in [-0.05, 0) is 37.6 Å². The molecule has 0 saturated heterocycles. The third-order valence-corrected chi connectivity index (χ3v) is 3.53. The highest BCUT2D eigenvalue weighted by molar-refractivity contribution is 5.79. The van der Waals surface area contributed by atoms with E-state index < -0.39 is 12.8 Å². The quantitative estimate of drug-likeness (QED) is 0.569. The van der Waals surface area contributed by atoms with Crippen LogP contribution in [0.15, 0.2) is 47.6 Å². The van der Waals surface area contributed by atoms with E-state index in [1.165, 1.54) is 0 Å². The zero-order valence-electron chi connectivity index (χ0n) is 15.3. The van der Waals surface area contributed by atoms with Crippen molar-refractivity contribution in [1.82, 2.24) is 15.6 Å². The molecule has 0 amide bonds. The van der Waals surface area contributed by atoms with Crippen LogP contribution in [0.3, 0.4) is 0 Å². The van der Waals surface area contributed by atoms with Gasteiger partial charge in [-0.2, -0.15) is 13.2 Å². The van der Waals surface area contributed by atoms with Crippen LogP contribution in [0.2, 0.25) is 0 Å². The van der Waals surface area contributed by atoms with Gasteiger partial charge in [-0.15, -0.1) is 0 Å². The molecule has 0 spiro atoms. The highest BCUT2D eigenvalue weighted by atomic mass is 19.4. The van der Waals surface area contributed by atoms with E-state index in [2.05, 4.69) is 20.6 Å².